The first-order valence-electron chi connectivity index (χ1n) is 17.5. The Hall–Kier alpha value is -6.20. The Labute approximate surface area is 308 Å². The number of rotatable bonds is 5. The number of anilines is 3. The molecule has 0 fully saturated rings. The Morgan fingerprint density at radius 1 is 0.365 bits per heavy atom. The van der Waals surface area contributed by atoms with Crippen LogP contribution in [0.4, 0.5) is 17.1 Å². The fourth-order valence-corrected chi connectivity index (χ4v) is 10.3. The van der Waals surface area contributed by atoms with Crippen LogP contribution < -0.4 is 4.90 Å². The van der Waals surface area contributed by atoms with Gasteiger partial charge in [-0.15, -0.1) is 22.7 Å². The lowest BCUT2D eigenvalue weighted by molar-refractivity contribution is 0.669. The average molecular weight is 700 g/mol. The van der Waals surface area contributed by atoms with E-state index in [9.17, 15) is 0 Å². The molecule has 11 aromatic rings. The van der Waals surface area contributed by atoms with Crippen molar-refractivity contribution in [1.82, 2.24) is 0 Å². The maximum Gasteiger partial charge on any atom is 0.159 e. The van der Waals surface area contributed by atoms with Gasteiger partial charge in [-0.2, -0.15) is 0 Å². The number of benzene rings is 8. The van der Waals surface area contributed by atoms with E-state index in [1.54, 1.807) is 0 Å². The van der Waals surface area contributed by atoms with Crippen molar-refractivity contribution in [2.75, 3.05) is 4.90 Å². The Bertz CT molecular complexity index is 2970. The van der Waals surface area contributed by atoms with Gasteiger partial charge < -0.3 is 9.32 Å². The number of fused-ring (bicyclic) bond motifs is 9. The monoisotopic (exact) mass is 699 g/mol. The molecule has 8 aromatic carbocycles. The van der Waals surface area contributed by atoms with Crippen LogP contribution in [0.1, 0.15) is 0 Å². The number of para-hydroxylation sites is 2. The van der Waals surface area contributed by atoms with Crippen LogP contribution in [-0.2, 0) is 0 Å². The topological polar surface area (TPSA) is 16.4 Å². The maximum atomic E-state index is 6.61. The van der Waals surface area contributed by atoms with E-state index in [4.69, 9.17) is 4.42 Å². The molecular formula is C48H29NOS2. The summed E-state index contributed by atoms with van der Waals surface area (Å²) in [6.45, 7) is 0. The van der Waals surface area contributed by atoms with Gasteiger partial charge in [0.25, 0.3) is 0 Å². The summed E-state index contributed by atoms with van der Waals surface area (Å²) < 4.78 is 11.9. The smallest absolute Gasteiger partial charge is 0.159 e. The second-order valence-corrected chi connectivity index (χ2v) is 15.3. The van der Waals surface area contributed by atoms with Crippen molar-refractivity contribution < 1.29 is 4.42 Å². The van der Waals surface area contributed by atoms with Crippen LogP contribution in [0.3, 0.4) is 0 Å². The molecule has 0 unspecified atom stereocenters. The maximum absolute atomic E-state index is 6.61. The molecule has 0 spiro atoms. The third-order valence-electron chi connectivity index (χ3n) is 10.3. The average Bonchev–Trinajstić information content (AvgIpc) is 3.90. The summed E-state index contributed by atoms with van der Waals surface area (Å²) in [5, 5.41) is 7.49. The molecule has 3 heterocycles. The van der Waals surface area contributed by atoms with Crippen molar-refractivity contribution in [1.29, 1.82) is 0 Å². The minimum Gasteiger partial charge on any atom is -0.454 e. The van der Waals surface area contributed by atoms with Gasteiger partial charge >= 0.3 is 0 Å². The standard InChI is InChI=1S/C48H29NOS2/c1-4-19-43-36(10-1)39-15-9-18-42(46(39)50-43)49(32-26-22-30(23-27-32)34-13-7-16-40-37-11-2-5-20-44(37)51-47(34)40)33-28-24-31(25-29-33)35-14-8-17-41-38-12-3-6-21-45(38)52-48(35)41/h1-29H. The quantitative estimate of drug-likeness (QED) is 0.178. The third kappa shape index (κ3) is 4.55. The summed E-state index contributed by atoms with van der Waals surface area (Å²) in [7, 11) is 0. The van der Waals surface area contributed by atoms with Crippen LogP contribution in [0.2, 0.25) is 0 Å². The molecule has 244 valence electrons. The van der Waals surface area contributed by atoms with E-state index in [0.717, 1.165) is 39.0 Å². The first-order chi connectivity index (χ1) is 25.8. The lowest BCUT2D eigenvalue weighted by Gasteiger charge is -2.26. The van der Waals surface area contributed by atoms with Crippen LogP contribution in [0.25, 0.3) is 84.5 Å². The van der Waals surface area contributed by atoms with Crippen molar-refractivity contribution in [3.8, 4) is 22.3 Å². The molecule has 0 aliphatic heterocycles. The van der Waals surface area contributed by atoms with E-state index in [0.29, 0.717) is 0 Å². The van der Waals surface area contributed by atoms with E-state index < -0.39 is 0 Å². The second-order valence-electron chi connectivity index (χ2n) is 13.2. The van der Waals surface area contributed by atoms with E-state index in [-0.39, 0.29) is 0 Å². The van der Waals surface area contributed by atoms with E-state index in [1.807, 2.05) is 28.7 Å². The Kier molecular flexibility index (Phi) is 6.63. The Balaban J connectivity index is 1.06. The lowest BCUT2D eigenvalue weighted by atomic mass is 10.0. The summed E-state index contributed by atoms with van der Waals surface area (Å²) in [5.41, 5.74) is 9.84. The predicted molar refractivity (Wildman–Crippen MR) is 225 cm³/mol. The normalized spacial score (nSPS) is 11.8. The van der Waals surface area contributed by atoms with Gasteiger partial charge in [0.15, 0.2) is 5.58 Å². The van der Waals surface area contributed by atoms with E-state index >= 15 is 0 Å². The zero-order valence-corrected chi connectivity index (χ0v) is 29.5. The van der Waals surface area contributed by atoms with Crippen LogP contribution in [-0.4, -0.2) is 0 Å². The van der Waals surface area contributed by atoms with Crippen LogP contribution in [0, 0.1) is 0 Å². The molecule has 0 saturated heterocycles. The Morgan fingerprint density at radius 3 is 1.40 bits per heavy atom. The molecule has 2 nitrogen and oxygen atoms in total. The van der Waals surface area contributed by atoms with Gasteiger partial charge in [0.05, 0.1) is 5.69 Å². The highest BCUT2D eigenvalue weighted by atomic mass is 32.1. The minimum absolute atomic E-state index is 0.877. The summed E-state index contributed by atoms with van der Waals surface area (Å²) in [5.74, 6) is 0. The molecule has 0 bridgehead atoms. The fourth-order valence-electron chi connectivity index (χ4n) is 7.86. The number of thiophene rings is 2. The first kappa shape index (κ1) is 29.5. The molecule has 3 aromatic heterocycles. The van der Waals surface area contributed by atoms with Gasteiger partial charge in [0.1, 0.15) is 5.58 Å². The van der Waals surface area contributed by atoms with Crippen molar-refractivity contribution in [2.24, 2.45) is 0 Å². The zero-order chi connectivity index (χ0) is 34.2. The molecule has 11 rings (SSSR count). The lowest BCUT2D eigenvalue weighted by Crippen LogP contribution is -2.10. The number of furan rings is 1. The summed E-state index contributed by atoms with van der Waals surface area (Å²) >= 11 is 3.74. The van der Waals surface area contributed by atoms with Gasteiger partial charge in [-0.3, -0.25) is 0 Å². The van der Waals surface area contributed by atoms with Crippen LogP contribution >= 0.6 is 22.7 Å². The highest BCUT2D eigenvalue weighted by molar-refractivity contribution is 7.26. The summed E-state index contributed by atoms with van der Waals surface area (Å²) in [4.78, 5) is 2.33. The van der Waals surface area contributed by atoms with Crippen molar-refractivity contribution >= 4 is 102 Å². The molecule has 0 atom stereocenters. The van der Waals surface area contributed by atoms with E-state index in [1.165, 1.54) is 62.6 Å². The van der Waals surface area contributed by atoms with Crippen LogP contribution in [0.5, 0.6) is 0 Å². The fraction of sp³-hybridized carbons (Fsp3) is 0. The number of hydrogen-bond acceptors (Lipinski definition) is 4. The van der Waals surface area contributed by atoms with Gasteiger partial charge in [-0.05, 0) is 70.8 Å². The number of hydrogen-bond donors (Lipinski definition) is 0. The largest absolute Gasteiger partial charge is 0.454 e. The molecule has 0 N–H and O–H groups in total. The van der Waals surface area contributed by atoms with Gasteiger partial charge in [-0.1, -0.05) is 127 Å². The molecule has 0 amide bonds. The van der Waals surface area contributed by atoms with E-state index in [2.05, 4.69) is 175 Å². The predicted octanol–water partition coefficient (Wildman–Crippen LogP) is 15.1. The molecule has 4 heteroatoms. The summed E-state index contributed by atoms with van der Waals surface area (Å²) in [6.07, 6.45) is 0. The van der Waals surface area contributed by atoms with Gasteiger partial charge in [0.2, 0.25) is 0 Å². The molecule has 52 heavy (non-hydrogen) atoms. The third-order valence-corrected chi connectivity index (χ3v) is 12.7. The van der Waals surface area contributed by atoms with Crippen molar-refractivity contribution in [3.63, 3.8) is 0 Å². The minimum atomic E-state index is 0.877. The molecular weight excluding hydrogens is 671 g/mol. The van der Waals surface area contributed by atoms with Crippen molar-refractivity contribution in [3.05, 3.63) is 176 Å². The second kappa shape index (κ2) is 11.7. The number of nitrogens with zero attached hydrogens (tertiary/aromatic N) is 1. The summed E-state index contributed by atoms with van der Waals surface area (Å²) in [6, 6.07) is 63.5. The van der Waals surface area contributed by atoms with Gasteiger partial charge in [0, 0.05) is 62.5 Å². The first-order valence-corrected chi connectivity index (χ1v) is 19.1. The molecule has 0 saturated carbocycles. The zero-order valence-electron chi connectivity index (χ0n) is 27.9. The van der Waals surface area contributed by atoms with Gasteiger partial charge in [-0.25, -0.2) is 0 Å². The SMILES string of the molecule is c1ccc2c(c1)oc1c(N(c3ccc(-c4cccc5c4sc4ccccc45)cc3)c3ccc(-c4cccc5c4sc4ccccc45)cc3)cccc12. The molecule has 0 aliphatic carbocycles. The highest BCUT2D eigenvalue weighted by Crippen LogP contribution is 2.45. The van der Waals surface area contributed by atoms with Crippen molar-refractivity contribution in [2.45, 2.75) is 0 Å². The highest BCUT2D eigenvalue weighted by Gasteiger charge is 2.20. The van der Waals surface area contributed by atoms with Crippen LogP contribution in [0.15, 0.2) is 180 Å². The molecule has 0 aliphatic rings. The molecule has 0 radical (unpaired) electrons. The Morgan fingerprint density at radius 2 is 0.827 bits per heavy atom.